The minimum absolute atomic E-state index is 0.210. The number of likely N-dealkylation sites (tertiary alicyclic amines) is 1. The van der Waals surface area contributed by atoms with Gasteiger partial charge >= 0.3 is 0 Å². The number of piperidine rings is 1. The molecule has 3 aromatic carbocycles. The lowest BCUT2D eigenvalue weighted by molar-refractivity contribution is 0.0955. The number of hydrogen-bond donors (Lipinski definition) is 1. The molecule has 0 atom stereocenters. The van der Waals surface area contributed by atoms with Crippen LogP contribution in [-0.2, 0) is 13.0 Å². The fraction of sp³-hybridized carbons (Fsp3) is 0.286. The zero-order valence-electron chi connectivity index (χ0n) is 19.5. The lowest BCUT2D eigenvalue weighted by Gasteiger charge is -2.32. The number of benzene rings is 3. The fourth-order valence-corrected chi connectivity index (χ4v) is 5.00. The molecule has 0 spiro atoms. The average Bonchev–Trinajstić information content (AvgIpc) is 3.33. The van der Waals surface area contributed by atoms with Crippen LogP contribution in [0.25, 0.3) is 0 Å². The molecule has 0 aliphatic carbocycles. The lowest BCUT2D eigenvalue weighted by atomic mass is 9.90. The summed E-state index contributed by atoms with van der Waals surface area (Å²) in [6.45, 7) is 3.35. The third kappa shape index (κ3) is 6.10. The number of nitrogens with zero attached hydrogens (tertiary/aromatic N) is 2. The van der Waals surface area contributed by atoms with Crippen molar-refractivity contribution < 1.29 is 14.3 Å². The van der Waals surface area contributed by atoms with Gasteiger partial charge in [0.05, 0.1) is 6.21 Å². The van der Waals surface area contributed by atoms with Crippen molar-refractivity contribution in [2.24, 2.45) is 11.0 Å². The fourth-order valence-electron chi connectivity index (χ4n) is 4.57. The second-order valence-electron chi connectivity index (χ2n) is 9.03. The maximum absolute atomic E-state index is 12.5. The van der Waals surface area contributed by atoms with Crippen LogP contribution in [0.4, 0.5) is 0 Å². The number of ether oxygens (including phenoxy) is 2. The van der Waals surface area contributed by atoms with Crippen molar-refractivity contribution in [1.29, 1.82) is 0 Å². The first-order valence-electron chi connectivity index (χ1n) is 11.9. The number of halogens is 1. The zero-order valence-corrected chi connectivity index (χ0v) is 21.0. The number of carbonyl (C=O) groups excluding carboxylic acids is 1. The summed E-state index contributed by atoms with van der Waals surface area (Å²) >= 11 is 3.49. The van der Waals surface area contributed by atoms with Crippen LogP contribution < -0.4 is 14.9 Å². The number of nitrogens with one attached hydrogen (secondary N) is 1. The monoisotopic (exact) mass is 533 g/mol. The maximum Gasteiger partial charge on any atom is 0.271 e. The van der Waals surface area contributed by atoms with E-state index in [4.69, 9.17) is 9.47 Å². The van der Waals surface area contributed by atoms with E-state index in [-0.39, 0.29) is 12.7 Å². The Kier molecular flexibility index (Phi) is 7.45. The first-order valence-corrected chi connectivity index (χ1v) is 12.7. The van der Waals surface area contributed by atoms with E-state index < -0.39 is 0 Å². The quantitative estimate of drug-likeness (QED) is 0.326. The molecule has 5 rings (SSSR count). The normalized spacial score (nSPS) is 16.0. The molecule has 2 heterocycles. The number of rotatable bonds is 7. The first kappa shape index (κ1) is 23.6. The van der Waals surface area contributed by atoms with Gasteiger partial charge in [0.1, 0.15) is 0 Å². The Morgan fingerprint density at radius 2 is 1.71 bits per heavy atom. The average molecular weight is 534 g/mol. The third-order valence-electron chi connectivity index (χ3n) is 6.56. The molecule has 0 bridgehead atoms. The topological polar surface area (TPSA) is 63.2 Å². The molecule has 7 heteroatoms. The molecule has 0 radical (unpaired) electrons. The van der Waals surface area contributed by atoms with Crippen molar-refractivity contribution in [3.8, 4) is 11.5 Å². The van der Waals surface area contributed by atoms with E-state index in [9.17, 15) is 4.79 Å². The Labute approximate surface area is 214 Å². The van der Waals surface area contributed by atoms with E-state index in [1.54, 1.807) is 6.21 Å². The number of fused-ring (bicyclic) bond motifs is 1. The van der Waals surface area contributed by atoms with E-state index in [1.807, 2.05) is 36.4 Å². The second kappa shape index (κ2) is 11.1. The van der Waals surface area contributed by atoms with E-state index >= 15 is 0 Å². The van der Waals surface area contributed by atoms with Gasteiger partial charge in [-0.3, -0.25) is 9.69 Å². The molecule has 0 aromatic heterocycles. The summed E-state index contributed by atoms with van der Waals surface area (Å²) < 4.78 is 11.6. The zero-order chi connectivity index (χ0) is 24.0. The SMILES string of the molecule is O=C(N/N=C\c1cc2c(cc1Br)OCO2)c1ccc(CN2CCC(Cc3ccccc3)CC2)cc1. The number of amides is 1. The smallest absolute Gasteiger partial charge is 0.271 e. The largest absolute Gasteiger partial charge is 0.454 e. The van der Waals surface area contributed by atoms with Crippen LogP contribution >= 0.6 is 15.9 Å². The van der Waals surface area contributed by atoms with E-state index in [1.165, 1.54) is 30.4 Å². The summed E-state index contributed by atoms with van der Waals surface area (Å²) in [5.74, 6) is 1.87. The molecular weight excluding hydrogens is 506 g/mol. The Hall–Kier alpha value is -3.16. The highest BCUT2D eigenvalue weighted by Gasteiger charge is 2.20. The van der Waals surface area contributed by atoms with E-state index in [2.05, 4.69) is 61.7 Å². The predicted octanol–water partition coefficient (Wildman–Crippen LogP) is 5.40. The van der Waals surface area contributed by atoms with Crippen LogP contribution in [0.15, 0.2) is 76.3 Å². The second-order valence-corrected chi connectivity index (χ2v) is 9.89. The molecule has 1 amide bonds. The number of carbonyl (C=O) groups is 1. The Balaban J connectivity index is 1.09. The molecule has 2 aliphatic heterocycles. The van der Waals surface area contributed by atoms with Gasteiger partial charge in [0.15, 0.2) is 11.5 Å². The number of hydrogen-bond acceptors (Lipinski definition) is 5. The van der Waals surface area contributed by atoms with Crippen molar-refractivity contribution in [1.82, 2.24) is 10.3 Å². The Morgan fingerprint density at radius 1 is 1.00 bits per heavy atom. The minimum atomic E-state index is -0.244. The first-order chi connectivity index (χ1) is 17.1. The van der Waals surface area contributed by atoms with Crippen LogP contribution in [0, 0.1) is 5.92 Å². The van der Waals surface area contributed by atoms with Gasteiger partial charge < -0.3 is 9.47 Å². The molecule has 1 fully saturated rings. The highest BCUT2D eigenvalue weighted by atomic mass is 79.9. The summed E-state index contributed by atoms with van der Waals surface area (Å²) in [6.07, 6.45) is 5.21. The molecular formula is C28H28BrN3O3. The van der Waals surface area contributed by atoms with Crippen LogP contribution in [0.1, 0.15) is 39.9 Å². The molecule has 1 saturated heterocycles. The molecule has 1 N–H and O–H groups in total. The van der Waals surface area contributed by atoms with Crippen LogP contribution in [0.5, 0.6) is 11.5 Å². The van der Waals surface area contributed by atoms with E-state index in [0.29, 0.717) is 17.1 Å². The molecule has 0 saturated carbocycles. The van der Waals surface area contributed by atoms with Crippen LogP contribution in [-0.4, -0.2) is 36.9 Å². The summed E-state index contributed by atoms with van der Waals surface area (Å²) in [5, 5.41) is 4.10. The molecule has 35 heavy (non-hydrogen) atoms. The molecule has 180 valence electrons. The molecule has 2 aliphatic rings. The third-order valence-corrected chi connectivity index (χ3v) is 7.25. The van der Waals surface area contributed by atoms with Gasteiger partial charge in [0.2, 0.25) is 6.79 Å². The van der Waals surface area contributed by atoms with Gasteiger partial charge in [-0.25, -0.2) is 5.43 Å². The van der Waals surface area contributed by atoms with E-state index in [0.717, 1.165) is 35.6 Å². The number of hydrazone groups is 1. The highest BCUT2D eigenvalue weighted by molar-refractivity contribution is 9.10. The van der Waals surface area contributed by atoms with Crippen molar-refractivity contribution >= 4 is 28.1 Å². The minimum Gasteiger partial charge on any atom is -0.454 e. The summed E-state index contributed by atoms with van der Waals surface area (Å²) in [7, 11) is 0. The van der Waals surface area contributed by atoms with Crippen LogP contribution in [0.2, 0.25) is 0 Å². The lowest BCUT2D eigenvalue weighted by Crippen LogP contribution is -2.33. The van der Waals surface area contributed by atoms with Gasteiger partial charge in [-0.1, -0.05) is 42.5 Å². The maximum atomic E-state index is 12.5. The van der Waals surface area contributed by atoms with Gasteiger partial charge in [-0.2, -0.15) is 5.10 Å². The van der Waals surface area contributed by atoms with Gasteiger partial charge in [0, 0.05) is 22.1 Å². The van der Waals surface area contributed by atoms with Crippen molar-refractivity contribution in [2.45, 2.75) is 25.8 Å². The molecule has 0 unspecified atom stereocenters. The summed E-state index contributed by atoms with van der Waals surface area (Å²) in [5.41, 5.74) is 6.62. The van der Waals surface area contributed by atoms with Crippen molar-refractivity contribution in [2.75, 3.05) is 19.9 Å². The van der Waals surface area contributed by atoms with Crippen LogP contribution in [0.3, 0.4) is 0 Å². The van der Waals surface area contributed by atoms with Crippen molar-refractivity contribution in [3.05, 3.63) is 93.5 Å². The molecule has 6 nitrogen and oxygen atoms in total. The Morgan fingerprint density at radius 3 is 2.46 bits per heavy atom. The molecule has 3 aromatic rings. The summed E-state index contributed by atoms with van der Waals surface area (Å²) in [4.78, 5) is 15.0. The Bertz CT molecular complexity index is 1190. The van der Waals surface area contributed by atoms with Crippen molar-refractivity contribution in [3.63, 3.8) is 0 Å². The standard InChI is InChI=1S/C28H28BrN3O3/c29-25-16-27-26(34-19-35-27)15-24(25)17-30-31-28(33)23-8-6-22(7-9-23)18-32-12-10-21(11-13-32)14-20-4-2-1-3-5-20/h1-9,15-17,21H,10-14,18-19H2,(H,31,33)/b30-17-. The predicted molar refractivity (Wildman–Crippen MR) is 140 cm³/mol. The highest BCUT2D eigenvalue weighted by Crippen LogP contribution is 2.36. The van der Waals surface area contributed by atoms with Gasteiger partial charge in [0.25, 0.3) is 5.91 Å². The van der Waals surface area contributed by atoms with Gasteiger partial charge in [-0.05, 0) is 89.6 Å². The summed E-state index contributed by atoms with van der Waals surface area (Å²) in [6, 6.07) is 22.2. The van der Waals surface area contributed by atoms with Gasteiger partial charge in [-0.15, -0.1) is 0 Å².